The van der Waals surface area contributed by atoms with Crippen LogP contribution in [0.15, 0.2) is 60.7 Å². The van der Waals surface area contributed by atoms with E-state index >= 15 is 0 Å². The van der Waals surface area contributed by atoms with Crippen LogP contribution in [0.3, 0.4) is 0 Å². The summed E-state index contributed by atoms with van der Waals surface area (Å²) in [4.78, 5) is 11.5. The molecular formula is C27H28N2O. The third-order valence-electron chi connectivity index (χ3n) is 6.76. The first kappa shape index (κ1) is 18.9. The number of hydrogen-bond acceptors (Lipinski definition) is 2. The molecule has 3 aromatic carbocycles. The van der Waals surface area contributed by atoms with E-state index in [0.717, 1.165) is 19.3 Å². The van der Waals surface area contributed by atoms with Gasteiger partial charge in [0, 0.05) is 17.2 Å². The van der Waals surface area contributed by atoms with E-state index < -0.39 is 0 Å². The summed E-state index contributed by atoms with van der Waals surface area (Å²) >= 11 is 0. The van der Waals surface area contributed by atoms with Crippen LogP contribution in [0.5, 0.6) is 0 Å². The van der Waals surface area contributed by atoms with E-state index in [1.165, 1.54) is 51.9 Å². The molecule has 0 radical (unpaired) electrons. The number of rotatable bonds is 5. The summed E-state index contributed by atoms with van der Waals surface area (Å²) in [6, 6.07) is 22.1. The third kappa shape index (κ3) is 3.28. The van der Waals surface area contributed by atoms with E-state index in [4.69, 9.17) is 5.73 Å². The smallest absolute Gasteiger partial charge is 0.248 e. The van der Waals surface area contributed by atoms with Crippen LogP contribution >= 0.6 is 0 Å². The fraction of sp³-hybridized carbons (Fsp3) is 0.296. The van der Waals surface area contributed by atoms with E-state index in [1.54, 1.807) is 0 Å². The van der Waals surface area contributed by atoms with Crippen LogP contribution in [0.4, 0.5) is 5.69 Å². The monoisotopic (exact) mass is 396 g/mol. The molecule has 5 rings (SSSR count). The van der Waals surface area contributed by atoms with Crippen molar-refractivity contribution in [3.8, 4) is 11.1 Å². The van der Waals surface area contributed by atoms with Gasteiger partial charge in [0.2, 0.25) is 5.91 Å². The van der Waals surface area contributed by atoms with Crippen LogP contribution in [0.2, 0.25) is 0 Å². The van der Waals surface area contributed by atoms with Gasteiger partial charge in [0.25, 0.3) is 0 Å². The van der Waals surface area contributed by atoms with Gasteiger partial charge in [0.1, 0.15) is 0 Å². The number of carbonyl (C=O) groups is 1. The summed E-state index contributed by atoms with van der Waals surface area (Å²) in [5, 5.41) is 3.77. The van der Waals surface area contributed by atoms with Gasteiger partial charge in [-0.25, -0.2) is 0 Å². The topological polar surface area (TPSA) is 55.1 Å². The fourth-order valence-electron chi connectivity index (χ4n) is 5.08. The van der Waals surface area contributed by atoms with Crippen molar-refractivity contribution in [3.63, 3.8) is 0 Å². The Bertz CT molecular complexity index is 1100. The second-order valence-corrected chi connectivity index (χ2v) is 8.65. The number of amides is 1. The van der Waals surface area contributed by atoms with Gasteiger partial charge in [0.05, 0.1) is 6.04 Å². The molecule has 30 heavy (non-hydrogen) atoms. The average molecular weight is 397 g/mol. The number of aryl methyl sites for hydroxylation is 2. The standard InChI is InChI=1S/C27H28N2O/c1-2-3-4-17-5-7-18(8-6-17)19-9-13-23-24-14-10-20-15-21(27(28)30)11-12-22(20)26(24)29-25(23)16-19/h5-9,11-13,15-16,24,26,29H,2-4,10,14H2,1H3,(H2,28,30). The Balaban J connectivity index is 1.42. The maximum atomic E-state index is 11.5. The minimum atomic E-state index is -0.354. The molecule has 0 fully saturated rings. The highest BCUT2D eigenvalue weighted by atomic mass is 16.1. The van der Waals surface area contributed by atoms with Gasteiger partial charge in [-0.2, -0.15) is 0 Å². The number of unbranched alkanes of at least 4 members (excludes halogenated alkanes) is 1. The molecule has 3 aromatic rings. The zero-order chi connectivity index (χ0) is 20.7. The lowest BCUT2D eigenvalue weighted by Crippen LogP contribution is -2.20. The van der Waals surface area contributed by atoms with Crippen molar-refractivity contribution in [2.75, 3.05) is 5.32 Å². The Labute approximate surface area is 178 Å². The molecule has 2 atom stereocenters. The normalized spacial score (nSPS) is 18.8. The number of anilines is 1. The van der Waals surface area contributed by atoms with Crippen LogP contribution in [0.1, 0.15) is 70.8 Å². The second-order valence-electron chi connectivity index (χ2n) is 8.65. The van der Waals surface area contributed by atoms with Crippen LogP contribution < -0.4 is 11.1 Å². The number of nitrogens with two attached hydrogens (primary N) is 1. The molecule has 1 heterocycles. The Morgan fingerprint density at radius 3 is 2.53 bits per heavy atom. The Kier molecular flexibility index (Phi) is 4.82. The van der Waals surface area contributed by atoms with Crippen LogP contribution in [0.25, 0.3) is 11.1 Å². The first-order chi connectivity index (χ1) is 14.6. The van der Waals surface area contributed by atoms with Crippen molar-refractivity contribution in [3.05, 3.63) is 88.5 Å². The first-order valence-corrected chi connectivity index (χ1v) is 11.1. The lowest BCUT2D eigenvalue weighted by atomic mass is 9.78. The zero-order valence-corrected chi connectivity index (χ0v) is 17.4. The molecule has 0 spiro atoms. The predicted molar refractivity (Wildman–Crippen MR) is 123 cm³/mol. The third-order valence-corrected chi connectivity index (χ3v) is 6.76. The van der Waals surface area contributed by atoms with Gasteiger partial charge in [-0.15, -0.1) is 0 Å². The second kappa shape index (κ2) is 7.64. The average Bonchev–Trinajstić information content (AvgIpc) is 3.15. The van der Waals surface area contributed by atoms with Crippen LogP contribution in [-0.2, 0) is 12.8 Å². The molecule has 3 nitrogen and oxygen atoms in total. The number of carbonyl (C=O) groups excluding carboxylic acids is 1. The van der Waals surface area contributed by atoms with Gasteiger partial charge in [-0.1, -0.05) is 55.8 Å². The zero-order valence-electron chi connectivity index (χ0n) is 17.4. The minimum Gasteiger partial charge on any atom is -0.377 e. The maximum absolute atomic E-state index is 11.5. The number of fused-ring (bicyclic) bond motifs is 5. The van der Waals surface area contributed by atoms with Crippen LogP contribution in [-0.4, -0.2) is 5.91 Å². The number of hydrogen-bond donors (Lipinski definition) is 2. The SMILES string of the molecule is CCCCc1ccc(-c2ccc3c(c2)NC2c4ccc(C(N)=O)cc4CCC32)cc1. The lowest BCUT2D eigenvalue weighted by molar-refractivity contribution is 0.1000. The molecule has 152 valence electrons. The fourth-order valence-corrected chi connectivity index (χ4v) is 5.08. The summed E-state index contributed by atoms with van der Waals surface area (Å²) in [7, 11) is 0. The van der Waals surface area contributed by atoms with E-state index in [-0.39, 0.29) is 11.9 Å². The molecule has 3 heteroatoms. The molecule has 0 saturated carbocycles. The molecular weight excluding hydrogens is 368 g/mol. The van der Waals surface area contributed by atoms with Gasteiger partial charge < -0.3 is 11.1 Å². The van der Waals surface area contributed by atoms with E-state index in [1.807, 2.05) is 12.1 Å². The molecule has 1 amide bonds. The molecule has 0 saturated heterocycles. The maximum Gasteiger partial charge on any atom is 0.248 e. The predicted octanol–water partition coefficient (Wildman–Crippen LogP) is 5.99. The van der Waals surface area contributed by atoms with Crippen molar-refractivity contribution in [1.29, 1.82) is 0 Å². The highest BCUT2D eigenvalue weighted by molar-refractivity contribution is 5.93. The van der Waals surface area contributed by atoms with Gasteiger partial charge in [0.15, 0.2) is 0 Å². The van der Waals surface area contributed by atoms with E-state index in [9.17, 15) is 4.79 Å². The highest BCUT2D eigenvalue weighted by Gasteiger charge is 2.37. The van der Waals surface area contributed by atoms with Crippen molar-refractivity contribution in [2.24, 2.45) is 5.73 Å². The number of primary amides is 1. The molecule has 1 aliphatic heterocycles. The van der Waals surface area contributed by atoms with Gasteiger partial charge in [-0.05, 0) is 77.3 Å². The number of benzene rings is 3. The van der Waals surface area contributed by atoms with Crippen molar-refractivity contribution >= 4 is 11.6 Å². The van der Waals surface area contributed by atoms with Crippen molar-refractivity contribution in [1.82, 2.24) is 0 Å². The molecule has 2 unspecified atom stereocenters. The lowest BCUT2D eigenvalue weighted by Gasteiger charge is -2.29. The summed E-state index contributed by atoms with van der Waals surface area (Å²) in [5.41, 5.74) is 15.2. The van der Waals surface area contributed by atoms with Crippen molar-refractivity contribution < 1.29 is 4.79 Å². The molecule has 3 N–H and O–H groups in total. The van der Waals surface area contributed by atoms with Gasteiger partial charge >= 0.3 is 0 Å². The summed E-state index contributed by atoms with van der Waals surface area (Å²) in [6.07, 6.45) is 5.70. The molecule has 0 bridgehead atoms. The summed E-state index contributed by atoms with van der Waals surface area (Å²) in [6.45, 7) is 2.23. The quantitative estimate of drug-likeness (QED) is 0.556. The summed E-state index contributed by atoms with van der Waals surface area (Å²) in [5.74, 6) is 0.130. The largest absolute Gasteiger partial charge is 0.377 e. The molecule has 0 aromatic heterocycles. The van der Waals surface area contributed by atoms with E-state index in [2.05, 4.69) is 60.8 Å². The number of nitrogens with one attached hydrogen (secondary N) is 1. The first-order valence-electron chi connectivity index (χ1n) is 11.1. The summed E-state index contributed by atoms with van der Waals surface area (Å²) < 4.78 is 0. The highest BCUT2D eigenvalue weighted by Crippen LogP contribution is 2.50. The Morgan fingerprint density at radius 1 is 1.00 bits per heavy atom. The molecule has 2 aliphatic rings. The van der Waals surface area contributed by atoms with Gasteiger partial charge in [-0.3, -0.25) is 4.79 Å². The van der Waals surface area contributed by atoms with E-state index in [0.29, 0.717) is 11.5 Å². The minimum absolute atomic E-state index is 0.275. The molecule has 1 aliphatic carbocycles. The van der Waals surface area contributed by atoms with Crippen molar-refractivity contribution in [2.45, 2.75) is 51.0 Å². The Morgan fingerprint density at radius 2 is 1.77 bits per heavy atom. The van der Waals surface area contributed by atoms with Crippen LogP contribution in [0, 0.1) is 0 Å². The Hall–Kier alpha value is -3.07.